The Balaban J connectivity index is 1.64. The van der Waals surface area contributed by atoms with Crippen molar-refractivity contribution in [2.24, 2.45) is 22.6 Å². The first-order valence-corrected chi connectivity index (χ1v) is 6.91. The van der Waals surface area contributed by atoms with Crippen LogP contribution < -0.4 is 5.73 Å². The summed E-state index contributed by atoms with van der Waals surface area (Å²) in [6, 6.07) is 0.640. The first-order valence-electron chi connectivity index (χ1n) is 6.91. The third-order valence-electron chi connectivity index (χ3n) is 4.48. The molecule has 0 spiro atoms. The first kappa shape index (κ1) is 10.4. The van der Waals surface area contributed by atoms with Gasteiger partial charge in [-0.2, -0.15) is 0 Å². The third kappa shape index (κ3) is 2.04. The van der Waals surface area contributed by atoms with Gasteiger partial charge in [-0.05, 0) is 37.5 Å². The lowest BCUT2D eigenvalue weighted by molar-refractivity contribution is 0.197. The summed E-state index contributed by atoms with van der Waals surface area (Å²) in [5, 5.41) is 0. The maximum absolute atomic E-state index is 6.03. The van der Waals surface area contributed by atoms with Gasteiger partial charge in [-0.15, -0.1) is 0 Å². The highest BCUT2D eigenvalue weighted by molar-refractivity contribution is 5.80. The maximum Gasteiger partial charge on any atom is 0.191 e. The summed E-state index contributed by atoms with van der Waals surface area (Å²) in [5.41, 5.74) is 6.03. The second-order valence-corrected chi connectivity index (χ2v) is 5.76. The van der Waals surface area contributed by atoms with Crippen LogP contribution in [0, 0.1) is 11.8 Å². The number of hydrogen-bond donors (Lipinski definition) is 1. The summed E-state index contributed by atoms with van der Waals surface area (Å²) < 4.78 is 0. The van der Waals surface area contributed by atoms with Crippen molar-refractivity contribution in [2.75, 3.05) is 13.1 Å². The van der Waals surface area contributed by atoms with Gasteiger partial charge in [0, 0.05) is 6.54 Å². The molecule has 0 radical (unpaired) electrons. The Kier molecular flexibility index (Phi) is 2.78. The first-order chi connectivity index (χ1) is 7.84. The molecule has 0 amide bonds. The topological polar surface area (TPSA) is 41.6 Å². The second kappa shape index (κ2) is 4.27. The standard InChI is InChI=1S/C13H23N3/c14-13-15-8-12(11-4-2-1-3-5-11)16(13)9-10-6-7-10/h10-12H,1-9H2,(H2,14,15). The molecule has 0 saturated heterocycles. The highest BCUT2D eigenvalue weighted by Gasteiger charge is 2.36. The van der Waals surface area contributed by atoms with Gasteiger partial charge in [0.05, 0.1) is 12.6 Å². The molecule has 1 heterocycles. The van der Waals surface area contributed by atoms with Crippen LogP contribution in [0.1, 0.15) is 44.9 Å². The van der Waals surface area contributed by atoms with Crippen LogP contribution in [-0.4, -0.2) is 30.0 Å². The van der Waals surface area contributed by atoms with Crippen molar-refractivity contribution >= 4 is 5.96 Å². The van der Waals surface area contributed by atoms with E-state index in [1.807, 2.05) is 0 Å². The normalized spacial score (nSPS) is 31.9. The average Bonchev–Trinajstić information content (AvgIpc) is 3.06. The predicted octanol–water partition coefficient (Wildman–Crippen LogP) is 1.98. The van der Waals surface area contributed by atoms with Crippen LogP contribution in [0.25, 0.3) is 0 Å². The summed E-state index contributed by atoms with van der Waals surface area (Å²) in [6.07, 6.45) is 9.87. The van der Waals surface area contributed by atoms with E-state index in [0.29, 0.717) is 6.04 Å². The number of hydrogen-bond acceptors (Lipinski definition) is 3. The van der Waals surface area contributed by atoms with Crippen molar-refractivity contribution in [1.82, 2.24) is 4.90 Å². The molecule has 3 rings (SSSR count). The quantitative estimate of drug-likeness (QED) is 0.791. The molecule has 2 aliphatic carbocycles. The predicted molar refractivity (Wildman–Crippen MR) is 66.3 cm³/mol. The van der Waals surface area contributed by atoms with Gasteiger partial charge in [0.2, 0.25) is 0 Å². The minimum Gasteiger partial charge on any atom is -0.370 e. The summed E-state index contributed by atoms with van der Waals surface area (Å²) in [7, 11) is 0. The van der Waals surface area contributed by atoms with E-state index in [-0.39, 0.29) is 0 Å². The van der Waals surface area contributed by atoms with Crippen molar-refractivity contribution in [1.29, 1.82) is 0 Å². The van der Waals surface area contributed by atoms with E-state index in [1.165, 1.54) is 51.5 Å². The Hall–Kier alpha value is -0.730. The molecule has 2 saturated carbocycles. The zero-order valence-electron chi connectivity index (χ0n) is 10.1. The summed E-state index contributed by atoms with van der Waals surface area (Å²) in [6.45, 7) is 2.14. The smallest absolute Gasteiger partial charge is 0.191 e. The van der Waals surface area contributed by atoms with Crippen molar-refractivity contribution < 1.29 is 0 Å². The monoisotopic (exact) mass is 221 g/mol. The number of aliphatic imine (C=N–C) groups is 1. The average molecular weight is 221 g/mol. The van der Waals surface area contributed by atoms with Crippen LogP contribution in [0.4, 0.5) is 0 Å². The molecule has 3 nitrogen and oxygen atoms in total. The van der Waals surface area contributed by atoms with Crippen LogP contribution in [0.5, 0.6) is 0 Å². The molecule has 2 N–H and O–H groups in total. The van der Waals surface area contributed by atoms with E-state index in [4.69, 9.17) is 5.73 Å². The highest BCUT2D eigenvalue weighted by atomic mass is 15.3. The second-order valence-electron chi connectivity index (χ2n) is 5.76. The van der Waals surface area contributed by atoms with E-state index in [1.54, 1.807) is 0 Å². The molecule has 2 fully saturated rings. The third-order valence-corrected chi connectivity index (χ3v) is 4.48. The molecule has 0 aromatic rings. The van der Waals surface area contributed by atoms with Gasteiger partial charge in [0.15, 0.2) is 5.96 Å². The Morgan fingerprint density at radius 3 is 2.56 bits per heavy atom. The lowest BCUT2D eigenvalue weighted by Gasteiger charge is -2.34. The number of rotatable bonds is 3. The van der Waals surface area contributed by atoms with Crippen molar-refractivity contribution in [3.8, 4) is 0 Å². The molecular formula is C13H23N3. The zero-order chi connectivity index (χ0) is 11.0. The van der Waals surface area contributed by atoms with Crippen LogP contribution in [-0.2, 0) is 0 Å². The van der Waals surface area contributed by atoms with Gasteiger partial charge in [0.1, 0.15) is 0 Å². The Bertz CT molecular complexity index is 277. The lowest BCUT2D eigenvalue weighted by atomic mass is 9.83. The summed E-state index contributed by atoms with van der Waals surface area (Å²) in [5.74, 6) is 2.60. The number of nitrogens with zero attached hydrogens (tertiary/aromatic N) is 2. The fourth-order valence-electron chi connectivity index (χ4n) is 3.28. The molecule has 1 aliphatic heterocycles. The van der Waals surface area contributed by atoms with Gasteiger partial charge in [-0.1, -0.05) is 19.3 Å². The maximum atomic E-state index is 6.03. The van der Waals surface area contributed by atoms with Crippen LogP contribution in [0.3, 0.4) is 0 Å². The van der Waals surface area contributed by atoms with Crippen LogP contribution >= 0.6 is 0 Å². The van der Waals surface area contributed by atoms with E-state index < -0.39 is 0 Å². The molecule has 3 aliphatic rings. The van der Waals surface area contributed by atoms with Gasteiger partial charge in [0.25, 0.3) is 0 Å². The van der Waals surface area contributed by atoms with Gasteiger partial charge in [-0.25, -0.2) is 0 Å². The van der Waals surface area contributed by atoms with E-state index in [0.717, 1.165) is 24.3 Å². The summed E-state index contributed by atoms with van der Waals surface area (Å²) >= 11 is 0. The Morgan fingerprint density at radius 1 is 1.12 bits per heavy atom. The molecule has 1 atom stereocenters. The lowest BCUT2D eigenvalue weighted by Crippen LogP contribution is -2.46. The fourth-order valence-corrected chi connectivity index (χ4v) is 3.28. The molecule has 1 unspecified atom stereocenters. The zero-order valence-corrected chi connectivity index (χ0v) is 10.1. The molecule has 0 bridgehead atoms. The van der Waals surface area contributed by atoms with Gasteiger partial charge < -0.3 is 10.6 Å². The molecule has 16 heavy (non-hydrogen) atoms. The van der Waals surface area contributed by atoms with Crippen LogP contribution in [0.2, 0.25) is 0 Å². The van der Waals surface area contributed by atoms with E-state index in [9.17, 15) is 0 Å². The largest absolute Gasteiger partial charge is 0.370 e. The number of guanidine groups is 1. The van der Waals surface area contributed by atoms with Crippen molar-refractivity contribution in [3.05, 3.63) is 0 Å². The van der Waals surface area contributed by atoms with E-state index >= 15 is 0 Å². The summed E-state index contributed by atoms with van der Waals surface area (Å²) in [4.78, 5) is 6.90. The van der Waals surface area contributed by atoms with Gasteiger partial charge in [-0.3, -0.25) is 4.99 Å². The van der Waals surface area contributed by atoms with Crippen molar-refractivity contribution in [3.63, 3.8) is 0 Å². The minimum atomic E-state index is 0.640. The molecule has 90 valence electrons. The fraction of sp³-hybridized carbons (Fsp3) is 0.923. The number of nitrogens with two attached hydrogens (primary N) is 1. The van der Waals surface area contributed by atoms with E-state index in [2.05, 4.69) is 9.89 Å². The molecule has 3 heteroatoms. The highest BCUT2D eigenvalue weighted by Crippen LogP contribution is 2.35. The van der Waals surface area contributed by atoms with Crippen molar-refractivity contribution in [2.45, 2.75) is 51.0 Å². The SMILES string of the molecule is NC1=NCC(C2CCCCC2)N1CC1CC1. The molecular weight excluding hydrogens is 198 g/mol. The van der Waals surface area contributed by atoms with Gasteiger partial charge >= 0.3 is 0 Å². The molecule has 0 aromatic carbocycles. The molecule has 0 aromatic heterocycles. The Labute approximate surface area is 98.1 Å². The van der Waals surface area contributed by atoms with Crippen LogP contribution in [0.15, 0.2) is 4.99 Å². The minimum absolute atomic E-state index is 0.640. The Morgan fingerprint density at radius 2 is 1.88 bits per heavy atom.